The summed E-state index contributed by atoms with van der Waals surface area (Å²) >= 11 is -0.0208. The summed E-state index contributed by atoms with van der Waals surface area (Å²) in [5.41, 5.74) is -4.17. The first kappa shape index (κ1) is 14.6. The fourth-order valence-corrected chi connectivity index (χ4v) is 2.58. The van der Waals surface area contributed by atoms with Gasteiger partial charge in [-0.3, -0.25) is 4.79 Å². The Labute approximate surface area is 103 Å². The Morgan fingerprint density at radius 2 is 2.12 bits per heavy atom. The summed E-state index contributed by atoms with van der Waals surface area (Å²) in [5, 5.41) is 0. The summed E-state index contributed by atoms with van der Waals surface area (Å²) in [7, 11) is 1.33. The van der Waals surface area contributed by atoms with Crippen molar-refractivity contribution < 1.29 is 22.7 Å². The number of alkyl halides is 3. The summed E-state index contributed by atoms with van der Waals surface area (Å²) in [6, 6.07) is 0. The highest BCUT2D eigenvalue weighted by atomic mass is 32.2. The number of halogens is 3. The maximum atomic E-state index is 11.9. The molecule has 1 saturated heterocycles. The van der Waals surface area contributed by atoms with Gasteiger partial charge in [-0.25, -0.2) is 0 Å². The first-order valence-electron chi connectivity index (χ1n) is 5.34. The summed E-state index contributed by atoms with van der Waals surface area (Å²) in [4.78, 5) is 13.2. The largest absolute Gasteiger partial charge is 0.469 e. The molecule has 0 aromatic rings. The van der Waals surface area contributed by atoms with Crippen LogP contribution in [-0.4, -0.2) is 48.9 Å². The molecule has 1 aliphatic rings. The highest BCUT2D eigenvalue weighted by Gasteiger charge is 2.36. The number of esters is 1. The number of likely N-dealkylation sites (tertiary alicyclic amines) is 1. The van der Waals surface area contributed by atoms with E-state index in [1.807, 2.05) is 11.8 Å². The van der Waals surface area contributed by atoms with Crippen molar-refractivity contribution in [3.63, 3.8) is 0 Å². The van der Waals surface area contributed by atoms with Crippen molar-refractivity contribution in [1.82, 2.24) is 4.90 Å². The van der Waals surface area contributed by atoms with Gasteiger partial charge in [-0.05, 0) is 17.7 Å². The van der Waals surface area contributed by atoms with Crippen molar-refractivity contribution in [1.29, 1.82) is 0 Å². The Kier molecular flexibility index (Phi) is 5.12. The zero-order valence-corrected chi connectivity index (χ0v) is 10.6. The lowest BCUT2D eigenvalue weighted by atomic mass is 9.99. The number of hydrogen-bond donors (Lipinski definition) is 0. The van der Waals surface area contributed by atoms with Gasteiger partial charge in [0, 0.05) is 25.4 Å². The molecular formula is C10H16F3NO2S. The lowest BCUT2D eigenvalue weighted by Crippen LogP contribution is -2.26. The van der Waals surface area contributed by atoms with E-state index in [2.05, 4.69) is 4.74 Å². The van der Waals surface area contributed by atoms with E-state index < -0.39 is 5.51 Å². The Bertz CT molecular complexity index is 273. The molecule has 2 atom stereocenters. The van der Waals surface area contributed by atoms with E-state index in [1.54, 1.807) is 0 Å². The van der Waals surface area contributed by atoms with Gasteiger partial charge in [0.15, 0.2) is 0 Å². The van der Waals surface area contributed by atoms with Gasteiger partial charge in [-0.15, -0.1) is 0 Å². The van der Waals surface area contributed by atoms with Crippen LogP contribution in [0.15, 0.2) is 0 Å². The summed E-state index contributed by atoms with van der Waals surface area (Å²) in [5.74, 6) is -0.345. The molecule has 0 saturated carbocycles. The third-order valence-electron chi connectivity index (χ3n) is 2.87. The first-order valence-corrected chi connectivity index (χ1v) is 6.33. The smallest absolute Gasteiger partial charge is 0.441 e. The van der Waals surface area contributed by atoms with Crippen LogP contribution in [0.25, 0.3) is 0 Å². The lowest BCUT2D eigenvalue weighted by molar-refractivity contribution is -0.146. The number of rotatable bonds is 4. The molecule has 100 valence electrons. The van der Waals surface area contributed by atoms with E-state index in [1.165, 1.54) is 7.11 Å². The van der Waals surface area contributed by atoms with Crippen molar-refractivity contribution in [3.8, 4) is 0 Å². The zero-order valence-electron chi connectivity index (χ0n) is 9.79. The minimum absolute atomic E-state index is 0.00408. The van der Waals surface area contributed by atoms with Gasteiger partial charge in [0.2, 0.25) is 0 Å². The molecule has 3 nitrogen and oxygen atoms in total. The van der Waals surface area contributed by atoms with Crippen LogP contribution >= 0.6 is 11.8 Å². The van der Waals surface area contributed by atoms with Crippen molar-refractivity contribution in [3.05, 3.63) is 0 Å². The van der Waals surface area contributed by atoms with Gasteiger partial charge in [0.25, 0.3) is 0 Å². The molecule has 1 fully saturated rings. The molecular weight excluding hydrogens is 255 g/mol. The van der Waals surface area contributed by atoms with Crippen molar-refractivity contribution in [2.45, 2.75) is 12.4 Å². The van der Waals surface area contributed by atoms with E-state index >= 15 is 0 Å². The van der Waals surface area contributed by atoms with Gasteiger partial charge >= 0.3 is 11.5 Å². The van der Waals surface area contributed by atoms with Gasteiger partial charge < -0.3 is 9.64 Å². The van der Waals surface area contributed by atoms with E-state index in [4.69, 9.17) is 0 Å². The fourth-order valence-electron chi connectivity index (χ4n) is 2.00. The van der Waals surface area contributed by atoms with Crippen molar-refractivity contribution >= 4 is 17.7 Å². The molecule has 0 radical (unpaired) electrons. The van der Waals surface area contributed by atoms with Gasteiger partial charge in [-0.2, -0.15) is 13.2 Å². The normalized spacial score (nSPS) is 26.2. The van der Waals surface area contributed by atoms with Crippen molar-refractivity contribution in [2.24, 2.45) is 11.8 Å². The first-order chi connectivity index (χ1) is 7.83. The lowest BCUT2D eigenvalue weighted by Gasteiger charge is -2.15. The summed E-state index contributed by atoms with van der Waals surface area (Å²) < 4.78 is 40.5. The number of carbonyl (C=O) groups excluding carboxylic acids is 1. The molecule has 1 heterocycles. The van der Waals surface area contributed by atoms with E-state index in [9.17, 15) is 18.0 Å². The SMILES string of the molecule is COC(=O)C1CN(CCSC(F)(F)F)CC1C. The van der Waals surface area contributed by atoms with Gasteiger partial charge in [0.1, 0.15) is 0 Å². The second kappa shape index (κ2) is 5.95. The molecule has 7 heteroatoms. The Balaban J connectivity index is 2.32. The topological polar surface area (TPSA) is 29.5 Å². The summed E-state index contributed by atoms with van der Waals surface area (Å²) in [6.07, 6.45) is 0. The predicted molar refractivity (Wildman–Crippen MR) is 59.6 cm³/mol. The molecule has 0 aromatic heterocycles. The maximum Gasteiger partial charge on any atom is 0.441 e. The third kappa shape index (κ3) is 4.75. The van der Waals surface area contributed by atoms with Crippen LogP contribution in [-0.2, 0) is 9.53 Å². The second-order valence-corrected chi connectivity index (χ2v) is 5.32. The van der Waals surface area contributed by atoms with E-state index in [-0.39, 0.29) is 35.3 Å². The van der Waals surface area contributed by atoms with Crippen LogP contribution < -0.4 is 0 Å². The zero-order chi connectivity index (χ0) is 13.1. The van der Waals surface area contributed by atoms with E-state index in [0.717, 1.165) is 0 Å². The molecule has 0 aromatic carbocycles. The van der Waals surface area contributed by atoms with Crippen LogP contribution in [0.5, 0.6) is 0 Å². The van der Waals surface area contributed by atoms with Crippen LogP contribution in [0.4, 0.5) is 13.2 Å². The standard InChI is InChI=1S/C10H16F3NO2S/c1-7-5-14(3-4-17-10(11,12)13)6-8(7)9(15)16-2/h7-8H,3-6H2,1-2H3. The number of hydrogen-bond acceptors (Lipinski definition) is 4. The fraction of sp³-hybridized carbons (Fsp3) is 0.900. The quantitative estimate of drug-likeness (QED) is 0.731. The average molecular weight is 271 g/mol. The Morgan fingerprint density at radius 1 is 1.47 bits per heavy atom. The average Bonchev–Trinajstić information content (AvgIpc) is 2.57. The molecule has 1 aliphatic heterocycles. The van der Waals surface area contributed by atoms with Gasteiger partial charge in [-0.1, -0.05) is 6.92 Å². The minimum Gasteiger partial charge on any atom is -0.469 e. The molecule has 0 aliphatic carbocycles. The molecule has 0 N–H and O–H groups in total. The van der Waals surface area contributed by atoms with Crippen LogP contribution in [0.3, 0.4) is 0 Å². The molecule has 2 unspecified atom stereocenters. The van der Waals surface area contributed by atoms with Crippen molar-refractivity contribution in [2.75, 3.05) is 32.5 Å². The highest BCUT2D eigenvalue weighted by molar-refractivity contribution is 8.00. The molecule has 0 amide bonds. The van der Waals surface area contributed by atoms with Crippen LogP contribution in [0.1, 0.15) is 6.92 Å². The highest BCUT2D eigenvalue weighted by Crippen LogP contribution is 2.31. The number of methoxy groups -OCH3 is 1. The number of thioether (sulfide) groups is 1. The minimum atomic E-state index is -4.17. The monoisotopic (exact) mass is 271 g/mol. The molecule has 1 rings (SSSR count). The number of ether oxygens (including phenoxy) is 1. The third-order valence-corrected chi connectivity index (χ3v) is 3.58. The maximum absolute atomic E-state index is 11.9. The number of nitrogens with zero attached hydrogens (tertiary/aromatic N) is 1. The second-order valence-electron chi connectivity index (χ2n) is 4.16. The molecule has 0 spiro atoms. The summed E-state index contributed by atoms with van der Waals surface area (Å²) in [6.45, 7) is 3.41. The molecule has 0 bridgehead atoms. The number of carbonyl (C=O) groups is 1. The van der Waals surface area contributed by atoms with Gasteiger partial charge in [0.05, 0.1) is 13.0 Å². The van der Waals surface area contributed by atoms with E-state index in [0.29, 0.717) is 19.6 Å². The molecule has 17 heavy (non-hydrogen) atoms. The van der Waals surface area contributed by atoms with Crippen LogP contribution in [0, 0.1) is 11.8 Å². The Morgan fingerprint density at radius 3 is 2.65 bits per heavy atom. The van der Waals surface area contributed by atoms with Crippen LogP contribution in [0.2, 0.25) is 0 Å². The Hall–Kier alpha value is -0.430. The predicted octanol–water partition coefficient (Wildman–Crippen LogP) is 1.98.